The van der Waals surface area contributed by atoms with Crippen LogP contribution in [0.25, 0.3) is 11.3 Å². The lowest BCUT2D eigenvalue weighted by molar-refractivity contribution is -0.116. The lowest BCUT2D eigenvalue weighted by Gasteiger charge is -2.02. The molecule has 0 aliphatic rings. The van der Waals surface area contributed by atoms with Crippen LogP contribution in [0, 0.1) is 5.82 Å². The summed E-state index contributed by atoms with van der Waals surface area (Å²) in [4.78, 5) is 16.4. The molecule has 1 N–H and O–H groups in total. The fourth-order valence-electron chi connectivity index (χ4n) is 2.90. The smallest absolute Gasteiger partial charge is 0.224 e. The number of benzene rings is 2. The largest absolute Gasteiger partial charge is 0.441 e. The molecule has 0 spiro atoms. The second kappa shape index (κ2) is 8.52. The van der Waals surface area contributed by atoms with Gasteiger partial charge in [0, 0.05) is 24.6 Å². The van der Waals surface area contributed by atoms with Crippen molar-refractivity contribution in [2.24, 2.45) is 0 Å². The van der Waals surface area contributed by atoms with Gasteiger partial charge in [-0.1, -0.05) is 30.3 Å². The lowest BCUT2D eigenvalue weighted by Crippen LogP contribution is -2.12. The van der Waals surface area contributed by atoms with Gasteiger partial charge in [-0.2, -0.15) is 5.10 Å². The lowest BCUT2D eigenvalue weighted by atomic mass is 10.2. The predicted octanol–water partition coefficient (Wildman–Crippen LogP) is 4.30. The third-order valence-electron chi connectivity index (χ3n) is 4.35. The summed E-state index contributed by atoms with van der Waals surface area (Å²) < 4.78 is 20.4. The highest BCUT2D eigenvalue weighted by molar-refractivity contribution is 5.90. The molecule has 1 amide bonds. The van der Waals surface area contributed by atoms with Crippen LogP contribution in [0.4, 0.5) is 10.1 Å². The van der Waals surface area contributed by atoms with Crippen molar-refractivity contribution in [3.8, 4) is 11.3 Å². The Hall–Kier alpha value is -3.74. The van der Waals surface area contributed by atoms with E-state index in [0.717, 1.165) is 11.1 Å². The van der Waals surface area contributed by atoms with Gasteiger partial charge in [0.25, 0.3) is 0 Å². The molecule has 0 aliphatic heterocycles. The van der Waals surface area contributed by atoms with E-state index in [9.17, 15) is 9.18 Å². The number of aromatic nitrogens is 3. The topological polar surface area (TPSA) is 73.0 Å². The predicted molar refractivity (Wildman–Crippen MR) is 107 cm³/mol. The molecule has 4 rings (SSSR count). The molecule has 7 heteroatoms. The molecule has 0 atom stereocenters. The number of carbonyl (C=O) groups excluding carboxylic acids is 1. The van der Waals surface area contributed by atoms with E-state index in [1.165, 1.54) is 12.1 Å². The van der Waals surface area contributed by atoms with Crippen molar-refractivity contribution in [1.29, 1.82) is 0 Å². The molecule has 2 heterocycles. The number of hydrogen-bond donors (Lipinski definition) is 1. The van der Waals surface area contributed by atoms with Gasteiger partial charge in [-0.3, -0.25) is 9.48 Å². The first-order valence-electron chi connectivity index (χ1n) is 9.22. The number of amides is 1. The Morgan fingerprint density at radius 1 is 1.07 bits per heavy atom. The van der Waals surface area contributed by atoms with Crippen molar-refractivity contribution in [2.75, 3.05) is 5.32 Å². The Morgan fingerprint density at radius 3 is 2.66 bits per heavy atom. The minimum absolute atomic E-state index is 0.147. The van der Waals surface area contributed by atoms with Gasteiger partial charge in [-0.25, -0.2) is 9.37 Å². The molecule has 0 unspecified atom stereocenters. The van der Waals surface area contributed by atoms with Gasteiger partial charge < -0.3 is 9.73 Å². The minimum atomic E-state index is -0.308. The average Bonchev–Trinajstić information content (AvgIpc) is 3.37. The highest BCUT2D eigenvalue weighted by atomic mass is 19.1. The number of aryl methyl sites for hydroxylation is 1. The molecule has 0 saturated carbocycles. The van der Waals surface area contributed by atoms with Crippen LogP contribution in [0.3, 0.4) is 0 Å². The van der Waals surface area contributed by atoms with Gasteiger partial charge in [-0.05, 0) is 29.8 Å². The molecule has 0 saturated heterocycles. The Morgan fingerprint density at radius 2 is 1.86 bits per heavy atom. The molecule has 0 radical (unpaired) electrons. The standard InChI is InChI=1S/C22H19FN4O2/c23-18-8-6-17(7-9-18)20-13-24-22(29-20)11-10-21(28)26-19-12-25-27(15-19)14-16-4-2-1-3-5-16/h1-9,12-13,15H,10-11,14H2,(H,26,28). The minimum Gasteiger partial charge on any atom is -0.441 e. The summed E-state index contributed by atoms with van der Waals surface area (Å²) >= 11 is 0. The van der Waals surface area contributed by atoms with E-state index in [4.69, 9.17) is 4.42 Å². The number of halogens is 1. The molecular formula is C22H19FN4O2. The number of nitrogens with zero attached hydrogens (tertiary/aromatic N) is 3. The number of rotatable bonds is 7. The Labute approximate surface area is 167 Å². The summed E-state index contributed by atoms with van der Waals surface area (Å²) in [7, 11) is 0. The van der Waals surface area contributed by atoms with E-state index in [1.54, 1.807) is 35.4 Å². The van der Waals surface area contributed by atoms with Crippen molar-refractivity contribution in [3.05, 3.63) is 90.5 Å². The van der Waals surface area contributed by atoms with Crippen LogP contribution in [0.5, 0.6) is 0 Å². The summed E-state index contributed by atoms with van der Waals surface area (Å²) in [5, 5.41) is 7.10. The van der Waals surface area contributed by atoms with Gasteiger partial charge in [0.05, 0.1) is 24.6 Å². The van der Waals surface area contributed by atoms with Crippen LogP contribution in [0.1, 0.15) is 17.9 Å². The van der Waals surface area contributed by atoms with Crippen molar-refractivity contribution in [3.63, 3.8) is 0 Å². The Balaban J connectivity index is 1.29. The third kappa shape index (κ3) is 4.95. The van der Waals surface area contributed by atoms with Gasteiger partial charge in [0.1, 0.15) is 5.82 Å². The molecule has 29 heavy (non-hydrogen) atoms. The molecule has 4 aromatic rings. The summed E-state index contributed by atoms with van der Waals surface area (Å²) in [6.07, 6.45) is 5.59. The first-order valence-corrected chi connectivity index (χ1v) is 9.22. The van der Waals surface area contributed by atoms with Crippen molar-refractivity contribution >= 4 is 11.6 Å². The van der Waals surface area contributed by atoms with E-state index in [-0.39, 0.29) is 18.1 Å². The van der Waals surface area contributed by atoms with E-state index in [2.05, 4.69) is 15.4 Å². The van der Waals surface area contributed by atoms with Crippen LogP contribution >= 0.6 is 0 Å². The SMILES string of the molecule is O=C(CCc1ncc(-c2ccc(F)cc2)o1)Nc1cnn(Cc2ccccc2)c1. The Bertz CT molecular complexity index is 1090. The van der Waals surface area contributed by atoms with Gasteiger partial charge in [0.2, 0.25) is 5.91 Å². The van der Waals surface area contributed by atoms with Crippen LogP contribution < -0.4 is 5.32 Å². The van der Waals surface area contributed by atoms with Crippen LogP contribution in [-0.4, -0.2) is 20.7 Å². The first-order chi connectivity index (χ1) is 14.2. The maximum atomic E-state index is 13.0. The normalized spacial score (nSPS) is 10.8. The van der Waals surface area contributed by atoms with Gasteiger partial charge >= 0.3 is 0 Å². The third-order valence-corrected chi connectivity index (χ3v) is 4.35. The average molecular weight is 390 g/mol. The van der Waals surface area contributed by atoms with Gasteiger partial charge in [-0.15, -0.1) is 0 Å². The summed E-state index contributed by atoms with van der Waals surface area (Å²) in [6.45, 7) is 0.638. The zero-order valence-corrected chi connectivity index (χ0v) is 15.6. The molecule has 2 aromatic carbocycles. The molecular weight excluding hydrogens is 371 g/mol. The van der Waals surface area contributed by atoms with E-state index in [0.29, 0.717) is 30.3 Å². The van der Waals surface area contributed by atoms with Crippen molar-refractivity contribution < 1.29 is 13.6 Å². The van der Waals surface area contributed by atoms with Crippen LogP contribution in [-0.2, 0) is 17.8 Å². The van der Waals surface area contributed by atoms with Crippen molar-refractivity contribution in [2.45, 2.75) is 19.4 Å². The highest BCUT2D eigenvalue weighted by Gasteiger charge is 2.10. The molecule has 0 aliphatic carbocycles. The number of carbonyl (C=O) groups is 1. The quantitative estimate of drug-likeness (QED) is 0.511. The number of oxazole rings is 1. The molecule has 6 nitrogen and oxygen atoms in total. The zero-order chi connectivity index (χ0) is 20.1. The van der Waals surface area contributed by atoms with E-state index >= 15 is 0 Å². The second-order valence-electron chi connectivity index (χ2n) is 6.59. The van der Waals surface area contributed by atoms with E-state index < -0.39 is 0 Å². The maximum Gasteiger partial charge on any atom is 0.224 e. The zero-order valence-electron chi connectivity index (χ0n) is 15.6. The van der Waals surface area contributed by atoms with E-state index in [1.807, 2.05) is 30.3 Å². The maximum absolute atomic E-state index is 13.0. The van der Waals surface area contributed by atoms with Crippen LogP contribution in [0.15, 0.2) is 77.6 Å². The van der Waals surface area contributed by atoms with Gasteiger partial charge in [0.15, 0.2) is 11.7 Å². The fourth-order valence-corrected chi connectivity index (χ4v) is 2.90. The molecule has 0 bridgehead atoms. The van der Waals surface area contributed by atoms with Crippen molar-refractivity contribution in [1.82, 2.24) is 14.8 Å². The second-order valence-corrected chi connectivity index (χ2v) is 6.59. The summed E-state index contributed by atoms with van der Waals surface area (Å²) in [5.41, 5.74) is 2.51. The Kier molecular flexibility index (Phi) is 5.47. The number of hydrogen-bond acceptors (Lipinski definition) is 4. The van der Waals surface area contributed by atoms with Crippen LogP contribution in [0.2, 0.25) is 0 Å². The molecule has 146 valence electrons. The first kappa shape index (κ1) is 18.6. The molecule has 2 aromatic heterocycles. The number of nitrogens with one attached hydrogen (secondary N) is 1. The fraction of sp³-hybridized carbons (Fsp3) is 0.136. The highest BCUT2D eigenvalue weighted by Crippen LogP contribution is 2.21. The monoisotopic (exact) mass is 390 g/mol. The number of anilines is 1. The summed E-state index contributed by atoms with van der Waals surface area (Å²) in [6, 6.07) is 15.9. The molecule has 0 fully saturated rings. The summed E-state index contributed by atoms with van der Waals surface area (Å²) in [5.74, 6) is 0.546.